The van der Waals surface area contributed by atoms with E-state index in [1.807, 2.05) is 28.7 Å². The van der Waals surface area contributed by atoms with Crippen LogP contribution < -0.4 is 4.74 Å². The molecule has 3 rings (SSSR count). The molecule has 0 aliphatic carbocycles. The minimum absolute atomic E-state index is 0.354. The first-order valence-electron chi connectivity index (χ1n) is 5.75. The van der Waals surface area contributed by atoms with Gasteiger partial charge in [-0.05, 0) is 17.7 Å². The molecule has 2 aromatic heterocycles. The molecule has 96 valence electrons. The van der Waals surface area contributed by atoms with Crippen LogP contribution in [0.25, 0.3) is 5.65 Å². The second-order valence-corrected chi connectivity index (χ2v) is 4.41. The monoisotopic (exact) mass is 274 g/mol. The summed E-state index contributed by atoms with van der Waals surface area (Å²) in [5, 5.41) is 8.55. The molecule has 2 heterocycles. The standard InChI is InChI=1S/C13H11ClN4O/c1-19-10-4-2-3-9(7-10)8-11-16-17-13-12(14)15-5-6-18(11)13/h2-7H,8H2,1H3. The molecule has 0 unspecified atom stereocenters. The summed E-state index contributed by atoms with van der Waals surface area (Å²) in [6.07, 6.45) is 4.09. The fraction of sp³-hybridized carbons (Fsp3) is 0.154. The molecule has 19 heavy (non-hydrogen) atoms. The van der Waals surface area contributed by atoms with Crippen LogP contribution in [0.2, 0.25) is 5.15 Å². The van der Waals surface area contributed by atoms with Gasteiger partial charge >= 0.3 is 0 Å². The summed E-state index contributed by atoms with van der Waals surface area (Å²) in [6, 6.07) is 7.86. The van der Waals surface area contributed by atoms with E-state index < -0.39 is 0 Å². The van der Waals surface area contributed by atoms with E-state index in [4.69, 9.17) is 16.3 Å². The third kappa shape index (κ3) is 2.24. The van der Waals surface area contributed by atoms with Crippen LogP contribution >= 0.6 is 11.6 Å². The number of benzene rings is 1. The van der Waals surface area contributed by atoms with E-state index in [9.17, 15) is 0 Å². The van der Waals surface area contributed by atoms with E-state index in [-0.39, 0.29) is 0 Å². The van der Waals surface area contributed by atoms with Crippen molar-refractivity contribution in [2.45, 2.75) is 6.42 Å². The number of methoxy groups -OCH3 is 1. The van der Waals surface area contributed by atoms with Gasteiger partial charge in [0.2, 0.25) is 0 Å². The molecule has 0 aliphatic rings. The molecule has 0 aliphatic heterocycles. The Kier molecular flexibility index (Phi) is 3.05. The minimum atomic E-state index is 0.354. The highest BCUT2D eigenvalue weighted by Crippen LogP contribution is 2.17. The highest BCUT2D eigenvalue weighted by Gasteiger charge is 2.09. The summed E-state index contributed by atoms with van der Waals surface area (Å²) in [6.45, 7) is 0. The average Bonchev–Trinajstić information content (AvgIpc) is 2.84. The van der Waals surface area contributed by atoms with E-state index in [0.717, 1.165) is 17.1 Å². The van der Waals surface area contributed by atoms with Gasteiger partial charge in [-0.2, -0.15) is 0 Å². The molecule has 0 spiro atoms. The molecule has 1 aromatic carbocycles. The molecule has 5 nitrogen and oxygen atoms in total. The summed E-state index contributed by atoms with van der Waals surface area (Å²) in [5.74, 6) is 1.64. The van der Waals surface area contributed by atoms with Gasteiger partial charge < -0.3 is 4.74 Å². The zero-order chi connectivity index (χ0) is 13.2. The molecule has 3 aromatic rings. The smallest absolute Gasteiger partial charge is 0.198 e. The first-order chi connectivity index (χ1) is 9.28. The Morgan fingerprint density at radius 3 is 3.05 bits per heavy atom. The minimum Gasteiger partial charge on any atom is -0.497 e. The molecule has 0 saturated carbocycles. The van der Waals surface area contributed by atoms with Crippen LogP contribution in [0.3, 0.4) is 0 Å². The van der Waals surface area contributed by atoms with E-state index in [2.05, 4.69) is 15.2 Å². The molecular formula is C13H11ClN4O. The van der Waals surface area contributed by atoms with E-state index in [1.165, 1.54) is 0 Å². The number of ether oxygens (including phenoxy) is 1. The van der Waals surface area contributed by atoms with Crippen LogP contribution in [0.1, 0.15) is 11.4 Å². The van der Waals surface area contributed by atoms with Crippen LogP contribution in [0, 0.1) is 0 Å². The van der Waals surface area contributed by atoms with Gasteiger partial charge in [-0.25, -0.2) is 4.98 Å². The molecule has 0 radical (unpaired) electrons. The number of hydrogen-bond acceptors (Lipinski definition) is 4. The molecule has 0 fully saturated rings. The van der Waals surface area contributed by atoms with Crippen molar-refractivity contribution in [1.82, 2.24) is 19.6 Å². The van der Waals surface area contributed by atoms with E-state index in [0.29, 0.717) is 17.2 Å². The Morgan fingerprint density at radius 2 is 2.21 bits per heavy atom. The number of halogens is 1. The summed E-state index contributed by atoms with van der Waals surface area (Å²) in [7, 11) is 1.65. The molecule has 6 heteroatoms. The normalized spacial score (nSPS) is 10.8. The maximum Gasteiger partial charge on any atom is 0.198 e. The van der Waals surface area contributed by atoms with Gasteiger partial charge in [-0.15, -0.1) is 10.2 Å². The SMILES string of the molecule is COc1cccc(Cc2nnc3c(Cl)nccn23)c1. The van der Waals surface area contributed by atoms with Gasteiger partial charge in [0.05, 0.1) is 7.11 Å². The second kappa shape index (κ2) is 4.85. The van der Waals surface area contributed by atoms with Crippen molar-refractivity contribution in [3.05, 3.63) is 53.2 Å². The predicted octanol–water partition coefficient (Wildman–Crippen LogP) is 2.38. The molecule has 0 bridgehead atoms. The van der Waals surface area contributed by atoms with Gasteiger partial charge in [-0.3, -0.25) is 4.40 Å². The van der Waals surface area contributed by atoms with Crippen molar-refractivity contribution in [2.24, 2.45) is 0 Å². The highest BCUT2D eigenvalue weighted by molar-refractivity contribution is 6.32. The lowest BCUT2D eigenvalue weighted by atomic mass is 10.1. The molecule has 0 N–H and O–H groups in total. The van der Waals surface area contributed by atoms with Gasteiger partial charge in [0.1, 0.15) is 11.6 Å². The fourth-order valence-electron chi connectivity index (χ4n) is 1.93. The third-order valence-corrected chi connectivity index (χ3v) is 3.12. The van der Waals surface area contributed by atoms with Crippen molar-refractivity contribution < 1.29 is 4.74 Å². The van der Waals surface area contributed by atoms with Gasteiger partial charge in [0, 0.05) is 18.8 Å². The number of hydrogen-bond donors (Lipinski definition) is 0. The van der Waals surface area contributed by atoms with Crippen LogP contribution in [0.5, 0.6) is 5.75 Å². The Hall–Kier alpha value is -2.14. The number of aromatic nitrogens is 4. The molecule has 0 saturated heterocycles. The zero-order valence-corrected chi connectivity index (χ0v) is 11.0. The highest BCUT2D eigenvalue weighted by atomic mass is 35.5. The average molecular weight is 275 g/mol. The first-order valence-corrected chi connectivity index (χ1v) is 6.13. The van der Waals surface area contributed by atoms with Crippen molar-refractivity contribution in [3.63, 3.8) is 0 Å². The van der Waals surface area contributed by atoms with Gasteiger partial charge in [0.15, 0.2) is 10.8 Å². The van der Waals surface area contributed by atoms with Crippen molar-refractivity contribution >= 4 is 17.2 Å². The van der Waals surface area contributed by atoms with Crippen LogP contribution in [-0.2, 0) is 6.42 Å². The fourth-order valence-corrected chi connectivity index (χ4v) is 2.11. The Labute approximate surface area is 114 Å². The first kappa shape index (κ1) is 11.9. The molecular weight excluding hydrogens is 264 g/mol. The summed E-state index contributed by atoms with van der Waals surface area (Å²) in [4.78, 5) is 3.98. The van der Waals surface area contributed by atoms with Gasteiger partial charge in [0.25, 0.3) is 0 Å². The Balaban J connectivity index is 1.99. The zero-order valence-electron chi connectivity index (χ0n) is 10.2. The van der Waals surface area contributed by atoms with Crippen LogP contribution in [-0.4, -0.2) is 26.7 Å². The van der Waals surface area contributed by atoms with Crippen molar-refractivity contribution in [1.29, 1.82) is 0 Å². The largest absolute Gasteiger partial charge is 0.497 e. The number of nitrogens with zero attached hydrogens (tertiary/aromatic N) is 4. The van der Waals surface area contributed by atoms with Crippen LogP contribution in [0.15, 0.2) is 36.7 Å². The lowest BCUT2D eigenvalue weighted by Gasteiger charge is -2.03. The quantitative estimate of drug-likeness (QED) is 0.736. The van der Waals surface area contributed by atoms with Crippen molar-refractivity contribution in [3.8, 4) is 5.75 Å². The molecule has 0 amide bonds. The summed E-state index contributed by atoms with van der Waals surface area (Å²) in [5.41, 5.74) is 1.67. The Bertz CT molecular complexity index is 725. The van der Waals surface area contributed by atoms with Crippen molar-refractivity contribution in [2.75, 3.05) is 7.11 Å². The lowest BCUT2D eigenvalue weighted by molar-refractivity contribution is 0.414. The van der Waals surface area contributed by atoms with E-state index >= 15 is 0 Å². The number of rotatable bonds is 3. The maximum absolute atomic E-state index is 5.97. The maximum atomic E-state index is 5.97. The lowest BCUT2D eigenvalue weighted by Crippen LogP contribution is -1.97. The molecule has 0 atom stereocenters. The predicted molar refractivity (Wildman–Crippen MR) is 71.6 cm³/mol. The van der Waals surface area contributed by atoms with Crippen LogP contribution in [0.4, 0.5) is 0 Å². The topological polar surface area (TPSA) is 52.3 Å². The summed E-state index contributed by atoms with van der Waals surface area (Å²) < 4.78 is 7.05. The third-order valence-electron chi connectivity index (χ3n) is 2.85. The second-order valence-electron chi connectivity index (χ2n) is 4.06. The number of fused-ring (bicyclic) bond motifs is 1. The van der Waals surface area contributed by atoms with E-state index in [1.54, 1.807) is 19.5 Å². The van der Waals surface area contributed by atoms with Gasteiger partial charge in [-0.1, -0.05) is 23.7 Å². The summed E-state index contributed by atoms with van der Waals surface area (Å²) >= 11 is 5.97. The Morgan fingerprint density at radius 1 is 1.32 bits per heavy atom.